The number of aliphatic hydroxyl groups is 1. The normalized spacial score (nSPS) is 11.8. The lowest BCUT2D eigenvalue weighted by Gasteiger charge is -2.08. The largest absolute Gasteiger partial charge is 0.392 e. The lowest BCUT2D eigenvalue weighted by Crippen LogP contribution is -2.23. The van der Waals surface area contributed by atoms with Gasteiger partial charge in [-0.2, -0.15) is 0 Å². The monoisotopic (exact) mass is 331 g/mol. The van der Waals surface area contributed by atoms with Crippen LogP contribution in [0, 0.1) is 6.92 Å². The van der Waals surface area contributed by atoms with Crippen LogP contribution in [0.5, 0.6) is 0 Å². The van der Waals surface area contributed by atoms with E-state index in [-0.39, 0.29) is 18.0 Å². The summed E-state index contributed by atoms with van der Waals surface area (Å²) < 4.78 is 26.9. The van der Waals surface area contributed by atoms with Gasteiger partial charge in [-0.1, -0.05) is 11.6 Å². The van der Waals surface area contributed by atoms with Crippen LogP contribution in [0.15, 0.2) is 34.5 Å². The smallest absolute Gasteiger partial charge is 0.240 e. The number of halogens is 1. The Morgan fingerprint density at radius 3 is 2.70 bits per heavy atom. The van der Waals surface area contributed by atoms with Gasteiger partial charge in [-0.05, 0) is 47.7 Å². The van der Waals surface area contributed by atoms with Gasteiger partial charge in [0.15, 0.2) is 0 Å². The molecule has 20 heavy (non-hydrogen) atoms. The molecule has 0 aliphatic rings. The summed E-state index contributed by atoms with van der Waals surface area (Å²) in [6, 6.07) is 6.22. The minimum atomic E-state index is -3.62. The maximum Gasteiger partial charge on any atom is 0.240 e. The average Bonchev–Trinajstić information content (AvgIpc) is 2.82. The minimum absolute atomic E-state index is 0.0974. The van der Waals surface area contributed by atoms with Crippen molar-refractivity contribution in [3.05, 3.63) is 50.7 Å². The van der Waals surface area contributed by atoms with Gasteiger partial charge in [-0.15, -0.1) is 11.3 Å². The maximum atomic E-state index is 12.2. The second-order valence-electron chi connectivity index (χ2n) is 4.26. The third-order valence-electron chi connectivity index (χ3n) is 2.89. The molecule has 0 saturated carbocycles. The van der Waals surface area contributed by atoms with Gasteiger partial charge in [0, 0.05) is 16.4 Å². The van der Waals surface area contributed by atoms with E-state index in [0.717, 1.165) is 10.4 Å². The lowest BCUT2D eigenvalue weighted by atomic mass is 10.2. The predicted octanol–water partition coefficient (Wildman–Crippen LogP) is 2.68. The van der Waals surface area contributed by atoms with E-state index in [2.05, 4.69) is 4.72 Å². The average molecular weight is 332 g/mol. The van der Waals surface area contributed by atoms with Crippen molar-refractivity contribution in [1.82, 2.24) is 4.72 Å². The summed E-state index contributed by atoms with van der Waals surface area (Å²) in [5, 5.41) is 11.4. The molecule has 7 heteroatoms. The molecule has 1 heterocycles. The van der Waals surface area contributed by atoms with Gasteiger partial charge in [0.1, 0.15) is 0 Å². The number of benzene rings is 1. The van der Waals surface area contributed by atoms with Crippen LogP contribution in [-0.2, 0) is 23.2 Å². The van der Waals surface area contributed by atoms with Gasteiger partial charge in [0.05, 0.1) is 11.5 Å². The van der Waals surface area contributed by atoms with Gasteiger partial charge in [-0.3, -0.25) is 0 Å². The van der Waals surface area contributed by atoms with E-state index < -0.39 is 10.0 Å². The molecule has 2 N–H and O–H groups in total. The fraction of sp³-hybridized carbons (Fsp3) is 0.231. The molecular weight excluding hydrogens is 318 g/mol. The van der Waals surface area contributed by atoms with Crippen molar-refractivity contribution < 1.29 is 13.5 Å². The van der Waals surface area contributed by atoms with Crippen LogP contribution in [-0.4, -0.2) is 13.5 Å². The number of thiophene rings is 1. The molecule has 108 valence electrons. The molecule has 4 nitrogen and oxygen atoms in total. The van der Waals surface area contributed by atoms with Crippen molar-refractivity contribution in [3.63, 3.8) is 0 Å². The molecule has 0 fully saturated rings. The van der Waals surface area contributed by atoms with Gasteiger partial charge >= 0.3 is 0 Å². The zero-order valence-electron chi connectivity index (χ0n) is 10.8. The number of hydrogen-bond donors (Lipinski definition) is 2. The molecule has 0 amide bonds. The number of aliphatic hydroxyl groups excluding tert-OH is 1. The Hall–Kier alpha value is -0.920. The standard InChI is InChI=1S/C13H14ClNO3S2/c1-9-4-5-19-13(9)7-15-20(17,18)11-2-3-12(14)10(6-11)8-16/h2-6,15-16H,7-8H2,1H3. The summed E-state index contributed by atoms with van der Waals surface area (Å²) in [6.07, 6.45) is 0. The van der Waals surface area contributed by atoms with E-state index >= 15 is 0 Å². The van der Waals surface area contributed by atoms with Gasteiger partial charge in [0.25, 0.3) is 0 Å². The number of sulfonamides is 1. The molecule has 0 aliphatic heterocycles. The first-order valence-corrected chi connectivity index (χ1v) is 8.60. The molecule has 0 spiro atoms. The van der Waals surface area contributed by atoms with Crippen LogP contribution in [0.4, 0.5) is 0 Å². The second kappa shape index (κ2) is 6.24. The Bertz CT molecular complexity index is 710. The third-order valence-corrected chi connectivity index (χ3v) is 5.68. The Balaban J connectivity index is 2.20. The minimum Gasteiger partial charge on any atom is -0.392 e. The topological polar surface area (TPSA) is 66.4 Å². The quantitative estimate of drug-likeness (QED) is 0.885. The molecule has 0 unspecified atom stereocenters. The lowest BCUT2D eigenvalue weighted by molar-refractivity contribution is 0.281. The second-order valence-corrected chi connectivity index (χ2v) is 7.44. The third kappa shape index (κ3) is 3.39. The van der Waals surface area contributed by atoms with Gasteiger partial charge < -0.3 is 5.11 Å². The molecule has 1 aromatic carbocycles. The highest BCUT2D eigenvalue weighted by molar-refractivity contribution is 7.89. The summed E-state index contributed by atoms with van der Waals surface area (Å²) in [5.41, 5.74) is 1.45. The number of rotatable bonds is 5. The van der Waals surface area contributed by atoms with Crippen molar-refractivity contribution >= 4 is 33.0 Å². The maximum absolute atomic E-state index is 12.2. The van der Waals surface area contributed by atoms with E-state index in [1.165, 1.54) is 29.5 Å². The summed E-state index contributed by atoms with van der Waals surface area (Å²) in [5.74, 6) is 0. The van der Waals surface area contributed by atoms with Gasteiger partial charge in [0.2, 0.25) is 10.0 Å². The first-order chi connectivity index (χ1) is 9.44. The Labute approximate surface area is 127 Å². The van der Waals surface area contributed by atoms with E-state index in [1.807, 2.05) is 18.4 Å². The zero-order chi connectivity index (χ0) is 14.8. The van der Waals surface area contributed by atoms with Crippen molar-refractivity contribution in [2.45, 2.75) is 25.0 Å². The van der Waals surface area contributed by atoms with Gasteiger partial charge in [-0.25, -0.2) is 13.1 Å². The molecule has 0 bridgehead atoms. The Morgan fingerprint density at radius 1 is 1.35 bits per heavy atom. The summed E-state index contributed by atoms with van der Waals surface area (Å²) in [6.45, 7) is 1.89. The zero-order valence-corrected chi connectivity index (χ0v) is 13.1. The van der Waals surface area contributed by atoms with Crippen molar-refractivity contribution in [1.29, 1.82) is 0 Å². The Kier molecular flexibility index (Phi) is 4.82. The van der Waals surface area contributed by atoms with E-state index in [0.29, 0.717) is 10.6 Å². The first-order valence-electron chi connectivity index (χ1n) is 5.86. The number of nitrogens with one attached hydrogen (secondary N) is 1. The van der Waals surface area contributed by atoms with Crippen LogP contribution in [0.2, 0.25) is 5.02 Å². The highest BCUT2D eigenvalue weighted by atomic mass is 35.5. The Morgan fingerprint density at radius 2 is 2.10 bits per heavy atom. The van der Waals surface area contributed by atoms with Crippen molar-refractivity contribution in [3.8, 4) is 0 Å². The van der Waals surface area contributed by atoms with Crippen molar-refractivity contribution in [2.75, 3.05) is 0 Å². The van der Waals surface area contributed by atoms with Crippen molar-refractivity contribution in [2.24, 2.45) is 0 Å². The molecule has 2 aromatic rings. The van der Waals surface area contributed by atoms with Crippen LogP contribution in [0.3, 0.4) is 0 Å². The van der Waals surface area contributed by atoms with E-state index in [1.54, 1.807) is 0 Å². The van der Waals surface area contributed by atoms with Crippen LogP contribution in [0.1, 0.15) is 16.0 Å². The molecule has 1 aromatic heterocycles. The molecule has 0 aliphatic carbocycles. The molecular formula is C13H14ClNO3S2. The van der Waals surface area contributed by atoms with E-state index in [4.69, 9.17) is 16.7 Å². The van der Waals surface area contributed by atoms with Crippen LogP contribution in [0.25, 0.3) is 0 Å². The highest BCUT2D eigenvalue weighted by Gasteiger charge is 2.16. The fourth-order valence-corrected chi connectivity index (χ4v) is 3.83. The fourth-order valence-electron chi connectivity index (χ4n) is 1.67. The van der Waals surface area contributed by atoms with E-state index in [9.17, 15) is 8.42 Å². The molecule has 0 radical (unpaired) electrons. The molecule has 0 atom stereocenters. The number of hydrogen-bond acceptors (Lipinski definition) is 4. The summed E-state index contributed by atoms with van der Waals surface area (Å²) in [7, 11) is -3.62. The highest BCUT2D eigenvalue weighted by Crippen LogP contribution is 2.21. The molecule has 2 rings (SSSR count). The summed E-state index contributed by atoms with van der Waals surface area (Å²) >= 11 is 7.36. The first kappa shape index (κ1) is 15.5. The number of aryl methyl sites for hydroxylation is 1. The molecule has 0 saturated heterocycles. The predicted molar refractivity (Wildman–Crippen MR) is 80.5 cm³/mol. The summed E-state index contributed by atoms with van der Waals surface area (Å²) in [4.78, 5) is 1.07. The van der Waals surface area contributed by atoms with Crippen LogP contribution >= 0.6 is 22.9 Å². The van der Waals surface area contributed by atoms with Crippen LogP contribution < -0.4 is 4.72 Å². The SMILES string of the molecule is Cc1ccsc1CNS(=O)(=O)c1ccc(Cl)c(CO)c1.